The van der Waals surface area contributed by atoms with E-state index in [-0.39, 0.29) is 22.2 Å². The molecule has 1 amide bonds. The van der Waals surface area contributed by atoms with Crippen molar-refractivity contribution in [1.29, 1.82) is 0 Å². The smallest absolute Gasteiger partial charge is 0.301 e. The van der Waals surface area contributed by atoms with Crippen molar-refractivity contribution in [3.05, 3.63) is 106 Å². The maximum atomic E-state index is 13.4. The monoisotopic (exact) mass is 529 g/mol. The first-order valence-corrected chi connectivity index (χ1v) is 13.3. The van der Waals surface area contributed by atoms with Crippen molar-refractivity contribution in [3.8, 4) is 5.75 Å². The Morgan fingerprint density at radius 1 is 1.00 bits per heavy atom. The summed E-state index contributed by atoms with van der Waals surface area (Å²) in [4.78, 5) is 28.0. The summed E-state index contributed by atoms with van der Waals surface area (Å²) in [5.74, 6) is -1.11. The Balaban J connectivity index is 1.58. The van der Waals surface area contributed by atoms with Crippen LogP contribution in [-0.2, 0) is 15.3 Å². The summed E-state index contributed by atoms with van der Waals surface area (Å²) in [6.45, 7) is 3.73. The first-order valence-electron chi connectivity index (χ1n) is 11.5. The number of aromatic hydroxyl groups is 1. The van der Waals surface area contributed by atoms with Crippen LogP contribution < -0.4 is 4.90 Å². The molecule has 37 heavy (non-hydrogen) atoms. The van der Waals surface area contributed by atoms with Crippen molar-refractivity contribution in [1.82, 2.24) is 10.2 Å². The number of aliphatic hydroxyl groups excluding tert-OH is 1. The Bertz CT molecular complexity index is 1510. The minimum absolute atomic E-state index is 0.0296. The van der Waals surface area contributed by atoms with Crippen LogP contribution in [-0.4, -0.2) is 32.1 Å². The average Bonchev–Trinajstić information content (AvgIpc) is 3.47. The Hall–Kier alpha value is -3.95. The molecule has 0 spiro atoms. The Morgan fingerprint density at radius 2 is 1.73 bits per heavy atom. The fourth-order valence-electron chi connectivity index (χ4n) is 4.22. The molecule has 0 radical (unpaired) electrons. The zero-order chi connectivity index (χ0) is 26.1. The van der Waals surface area contributed by atoms with E-state index in [0.717, 1.165) is 16.7 Å². The summed E-state index contributed by atoms with van der Waals surface area (Å²) in [5, 5.41) is 29.9. The molecule has 0 bridgehead atoms. The van der Waals surface area contributed by atoms with Crippen LogP contribution in [0.5, 0.6) is 5.75 Å². The molecular formula is C28H23N3O4S2. The molecule has 186 valence electrons. The zero-order valence-corrected chi connectivity index (χ0v) is 21.7. The van der Waals surface area contributed by atoms with E-state index in [9.17, 15) is 19.8 Å². The number of aryl methyl sites for hydroxylation is 2. The lowest BCUT2D eigenvalue weighted by Crippen LogP contribution is -2.29. The minimum atomic E-state index is -0.930. The third-order valence-electron chi connectivity index (χ3n) is 6.11. The normalized spacial score (nSPS) is 16.9. The molecule has 2 heterocycles. The first-order chi connectivity index (χ1) is 17.8. The van der Waals surface area contributed by atoms with Gasteiger partial charge in [-0.2, -0.15) is 0 Å². The number of anilines is 1. The highest BCUT2D eigenvalue weighted by atomic mass is 32.2. The summed E-state index contributed by atoms with van der Waals surface area (Å²) in [6.07, 6.45) is 0. The molecule has 0 saturated carbocycles. The lowest BCUT2D eigenvalue weighted by Gasteiger charge is -2.22. The molecule has 1 saturated heterocycles. The Morgan fingerprint density at radius 3 is 2.46 bits per heavy atom. The van der Waals surface area contributed by atoms with Crippen molar-refractivity contribution in [2.45, 2.75) is 30.0 Å². The molecule has 7 nitrogen and oxygen atoms in total. The van der Waals surface area contributed by atoms with E-state index in [1.807, 2.05) is 56.3 Å². The van der Waals surface area contributed by atoms with Gasteiger partial charge in [0.25, 0.3) is 5.78 Å². The van der Waals surface area contributed by atoms with Crippen molar-refractivity contribution >= 4 is 45.7 Å². The predicted molar refractivity (Wildman–Crippen MR) is 145 cm³/mol. The number of carbonyl (C=O) groups excluding carboxylic acids is 2. The molecule has 1 aliphatic rings. The van der Waals surface area contributed by atoms with Crippen LogP contribution in [0.4, 0.5) is 5.13 Å². The van der Waals surface area contributed by atoms with Crippen LogP contribution >= 0.6 is 23.1 Å². The number of ketones is 1. The summed E-state index contributed by atoms with van der Waals surface area (Å²) in [5.41, 5.74) is 3.82. The molecule has 4 aromatic rings. The molecule has 3 aromatic carbocycles. The highest BCUT2D eigenvalue weighted by molar-refractivity contribution is 8.00. The second kappa shape index (κ2) is 10.2. The van der Waals surface area contributed by atoms with E-state index < -0.39 is 17.7 Å². The molecule has 1 fully saturated rings. The fourth-order valence-corrected chi connectivity index (χ4v) is 6.04. The minimum Gasteiger partial charge on any atom is -0.508 e. The number of benzene rings is 3. The summed E-state index contributed by atoms with van der Waals surface area (Å²) in [7, 11) is 0. The largest absolute Gasteiger partial charge is 0.508 e. The van der Waals surface area contributed by atoms with Crippen LogP contribution in [0.2, 0.25) is 0 Å². The van der Waals surface area contributed by atoms with Crippen LogP contribution in [0, 0.1) is 13.8 Å². The molecule has 9 heteroatoms. The van der Waals surface area contributed by atoms with Gasteiger partial charge in [0.05, 0.1) is 11.6 Å². The highest BCUT2D eigenvalue weighted by Crippen LogP contribution is 2.44. The van der Waals surface area contributed by atoms with Crippen molar-refractivity contribution < 1.29 is 19.8 Å². The molecule has 1 atom stereocenters. The van der Waals surface area contributed by atoms with E-state index in [1.54, 1.807) is 18.2 Å². The molecule has 1 aliphatic heterocycles. The molecule has 1 unspecified atom stereocenters. The van der Waals surface area contributed by atoms with Gasteiger partial charge in [0.2, 0.25) is 5.13 Å². The maximum Gasteiger partial charge on any atom is 0.301 e. The van der Waals surface area contributed by atoms with Gasteiger partial charge in [0.1, 0.15) is 11.5 Å². The number of phenols is 1. The lowest BCUT2D eigenvalue weighted by molar-refractivity contribution is -0.132. The van der Waals surface area contributed by atoms with Gasteiger partial charge in [-0.05, 0) is 48.7 Å². The number of aromatic nitrogens is 2. The summed E-state index contributed by atoms with van der Waals surface area (Å²) in [6, 6.07) is 20.8. The number of hydrogen-bond donors (Lipinski definition) is 2. The van der Waals surface area contributed by atoms with E-state index in [2.05, 4.69) is 10.2 Å². The van der Waals surface area contributed by atoms with Crippen LogP contribution in [0.1, 0.15) is 33.9 Å². The SMILES string of the molecule is Cc1ccc(C)c(C(O)=C2C(=O)C(=O)N(c3nnc(SCc4ccccc4)s3)C2c2ccc(O)cc2)c1. The third-order valence-corrected chi connectivity index (χ3v) is 8.24. The second-order valence-corrected chi connectivity index (χ2v) is 10.9. The lowest BCUT2D eigenvalue weighted by atomic mass is 9.93. The Kier molecular flexibility index (Phi) is 6.82. The molecular weight excluding hydrogens is 506 g/mol. The van der Waals surface area contributed by atoms with Gasteiger partial charge in [-0.25, -0.2) is 0 Å². The number of hydrogen-bond acceptors (Lipinski definition) is 8. The third kappa shape index (κ3) is 4.87. The van der Waals surface area contributed by atoms with Gasteiger partial charge >= 0.3 is 5.91 Å². The van der Waals surface area contributed by atoms with Crippen molar-refractivity contribution in [2.75, 3.05) is 4.90 Å². The predicted octanol–water partition coefficient (Wildman–Crippen LogP) is 5.78. The summed E-state index contributed by atoms with van der Waals surface area (Å²) >= 11 is 2.70. The number of thioether (sulfide) groups is 1. The standard InChI is InChI=1S/C28H23N3O4S2/c1-16-8-9-17(2)21(14-16)24(33)22-23(19-10-12-20(32)13-11-19)31(26(35)25(22)34)27-29-30-28(37-27)36-15-18-6-4-3-5-7-18/h3-14,23,32-33H,15H2,1-2H3. The number of phenolic OH excluding ortho intramolecular Hbond substituents is 1. The van der Waals surface area contributed by atoms with Gasteiger partial charge in [-0.3, -0.25) is 14.5 Å². The molecule has 1 aromatic heterocycles. The van der Waals surface area contributed by atoms with E-state index in [4.69, 9.17) is 0 Å². The van der Waals surface area contributed by atoms with Crippen LogP contribution in [0.3, 0.4) is 0 Å². The van der Waals surface area contributed by atoms with E-state index in [1.165, 1.54) is 40.1 Å². The number of aliphatic hydroxyl groups is 1. The van der Waals surface area contributed by atoms with Gasteiger partial charge < -0.3 is 10.2 Å². The second-order valence-electron chi connectivity index (χ2n) is 8.70. The number of carbonyl (C=O) groups is 2. The van der Waals surface area contributed by atoms with Gasteiger partial charge in [0.15, 0.2) is 4.34 Å². The fraction of sp³-hybridized carbons (Fsp3) is 0.143. The number of Topliss-reactive ketones (excluding diaryl/α,β-unsaturated/α-hetero) is 1. The first kappa shape index (κ1) is 24.7. The average molecular weight is 530 g/mol. The van der Waals surface area contributed by atoms with Crippen LogP contribution in [0.15, 0.2) is 82.7 Å². The van der Waals surface area contributed by atoms with Gasteiger partial charge in [-0.1, -0.05) is 83.3 Å². The number of nitrogens with zero attached hydrogens (tertiary/aromatic N) is 3. The molecule has 0 aliphatic carbocycles. The van der Waals surface area contributed by atoms with Crippen LogP contribution in [0.25, 0.3) is 5.76 Å². The van der Waals surface area contributed by atoms with E-state index >= 15 is 0 Å². The van der Waals surface area contributed by atoms with Crippen molar-refractivity contribution in [2.24, 2.45) is 0 Å². The number of amides is 1. The topological polar surface area (TPSA) is 104 Å². The maximum absolute atomic E-state index is 13.4. The molecule has 5 rings (SSSR count). The number of rotatable bonds is 6. The Labute approximate surface area is 222 Å². The highest BCUT2D eigenvalue weighted by Gasteiger charge is 2.48. The zero-order valence-electron chi connectivity index (χ0n) is 20.1. The van der Waals surface area contributed by atoms with Crippen molar-refractivity contribution in [3.63, 3.8) is 0 Å². The molecule has 2 N–H and O–H groups in total. The quantitative estimate of drug-likeness (QED) is 0.107. The van der Waals surface area contributed by atoms with Gasteiger partial charge in [0, 0.05) is 11.3 Å². The van der Waals surface area contributed by atoms with E-state index in [0.29, 0.717) is 21.2 Å². The summed E-state index contributed by atoms with van der Waals surface area (Å²) < 4.78 is 0.653. The van der Waals surface area contributed by atoms with Gasteiger partial charge in [-0.15, -0.1) is 10.2 Å².